The van der Waals surface area contributed by atoms with Crippen LogP contribution in [-0.2, 0) is 0 Å². The van der Waals surface area contributed by atoms with E-state index in [4.69, 9.17) is 4.98 Å². The maximum atomic E-state index is 5.33. The molecule has 0 aliphatic heterocycles. The molecule has 8 aromatic carbocycles. The molecule has 2 atom stereocenters. The van der Waals surface area contributed by atoms with Crippen LogP contribution in [0.3, 0.4) is 0 Å². The van der Waals surface area contributed by atoms with Crippen molar-refractivity contribution in [2.24, 2.45) is 5.92 Å². The number of imidazole rings is 1. The number of fused-ring (bicyclic) bond motifs is 4. The van der Waals surface area contributed by atoms with E-state index in [0.29, 0.717) is 11.8 Å². The maximum absolute atomic E-state index is 5.33. The second-order valence-electron chi connectivity index (χ2n) is 15.4. The van der Waals surface area contributed by atoms with Crippen LogP contribution in [0.15, 0.2) is 212 Å². The minimum absolute atomic E-state index is 0.338. The van der Waals surface area contributed by atoms with Gasteiger partial charge in [0.25, 0.3) is 0 Å². The van der Waals surface area contributed by atoms with Crippen LogP contribution in [0.5, 0.6) is 0 Å². The molecule has 9 aromatic rings. The third-order valence-electron chi connectivity index (χ3n) is 12.1. The van der Waals surface area contributed by atoms with Crippen molar-refractivity contribution in [3.05, 3.63) is 223 Å². The average Bonchev–Trinajstić information content (AvgIpc) is 3.68. The molecule has 0 spiro atoms. The van der Waals surface area contributed by atoms with Gasteiger partial charge in [0.05, 0.1) is 11.0 Å². The normalized spacial score (nSPS) is 16.7. The number of aromatic nitrogens is 2. The SMILES string of the molecule is C1=CCC(C2=CC(c3nc4ccccc4n3-c3ccc(-c4c5ccccc5c(-c5ccc6ccccc6c5)c5ccccc45)cc3)=CCC2c2ccccc2)C=C1. The first-order valence-electron chi connectivity index (χ1n) is 20.1. The summed E-state index contributed by atoms with van der Waals surface area (Å²) in [6, 6.07) is 62.0. The van der Waals surface area contributed by atoms with Crippen molar-refractivity contribution in [3.63, 3.8) is 0 Å². The molecule has 0 saturated carbocycles. The molecule has 0 radical (unpaired) electrons. The summed E-state index contributed by atoms with van der Waals surface area (Å²) in [6.45, 7) is 0. The molecule has 2 nitrogen and oxygen atoms in total. The Morgan fingerprint density at radius 2 is 1.16 bits per heavy atom. The second kappa shape index (κ2) is 13.9. The summed E-state index contributed by atoms with van der Waals surface area (Å²) >= 11 is 0. The average molecular weight is 729 g/mol. The molecular formula is C55H40N2. The first-order valence-corrected chi connectivity index (χ1v) is 20.1. The van der Waals surface area contributed by atoms with Crippen molar-refractivity contribution in [2.45, 2.75) is 18.8 Å². The number of benzene rings is 8. The summed E-state index contributed by atoms with van der Waals surface area (Å²) in [5, 5.41) is 7.54. The van der Waals surface area contributed by atoms with Gasteiger partial charge >= 0.3 is 0 Å². The highest BCUT2D eigenvalue weighted by Crippen LogP contribution is 2.45. The lowest BCUT2D eigenvalue weighted by Crippen LogP contribution is -2.15. The van der Waals surface area contributed by atoms with Crippen molar-refractivity contribution >= 4 is 48.9 Å². The predicted octanol–water partition coefficient (Wildman–Crippen LogP) is 14.4. The molecule has 11 rings (SSSR count). The molecule has 2 unspecified atom stereocenters. The zero-order chi connectivity index (χ0) is 37.7. The van der Waals surface area contributed by atoms with E-state index in [-0.39, 0.29) is 0 Å². The topological polar surface area (TPSA) is 17.8 Å². The number of allylic oxidation sites excluding steroid dienone is 8. The first-order chi connectivity index (χ1) is 28.3. The maximum Gasteiger partial charge on any atom is 0.145 e. The lowest BCUT2D eigenvalue weighted by molar-refractivity contribution is 0.653. The van der Waals surface area contributed by atoms with Gasteiger partial charge in [-0.05, 0) is 103 Å². The second-order valence-corrected chi connectivity index (χ2v) is 15.4. The molecule has 0 amide bonds. The van der Waals surface area contributed by atoms with Crippen molar-refractivity contribution in [1.29, 1.82) is 0 Å². The summed E-state index contributed by atoms with van der Waals surface area (Å²) in [6.07, 6.45) is 15.8. The van der Waals surface area contributed by atoms with Gasteiger partial charge in [-0.25, -0.2) is 4.98 Å². The number of nitrogens with zero attached hydrogens (tertiary/aromatic N) is 2. The highest BCUT2D eigenvalue weighted by atomic mass is 15.1. The van der Waals surface area contributed by atoms with Crippen molar-refractivity contribution in [3.8, 4) is 27.9 Å². The Kier molecular flexibility index (Phi) is 8.14. The molecular weight excluding hydrogens is 689 g/mol. The van der Waals surface area contributed by atoms with E-state index in [1.165, 1.54) is 71.3 Å². The standard InChI is InChI=1S/C55H40N2/c1-3-16-38(17-4-1)45-34-31-43(36-50(45)39-18-5-2-6-19-39)55-56-51-25-13-14-26-52(51)57(55)44-32-29-40(30-33-44)53-46-21-9-11-23-48(46)54(49-24-12-10-22-47(49)53)42-28-27-37-15-7-8-20-41(37)35-42/h1-18,20-33,35-36,39,45H,19,34H2. The van der Waals surface area contributed by atoms with Crippen LogP contribution in [0.25, 0.3) is 76.9 Å². The molecule has 1 aromatic heterocycles. The molecule has 2 aliphatic carbocycles. The van der Waals surface area contributed by atoms with Crippen molar-refractivity contribution in [2.75, 3.05) is 0 Å². The largest absolute Gasteiger partial charge is 0.292 e. The molecule has 2 heteroatoms. The van der Waals surface area contributed by atoms with E-state index in [1.54, 1.807) is 0 Å². The zero-order valence-electron chi connectivity index (χ0n) is 31.6. The Morgan fingerprint density at radius 3 is 1.88 bits per heavy atom. The highest BCUT2D eigenvalue weighted by molar-refractivity contribution is 6.21. The fourth-order valence-corrected chi connectivity index (χ4v) is 9.44. The van der Waals surface area contributed by atoms with E-state index in [2.05, 4.69) is 211 Å². The summed E-state index contributed by atoms with van der Waals surface area (Å²) in [4.78, 5) is 5.33. The molecule has 0 fully saturated rings. The van der Waals surface area contributed by atoms with Gasteiger partial charge in [-0.15, -0.1) is 0 Å². The Labute approximate surface area is 333 Å². The summed E-state index contributed by atoms with van der Waals surface area (Å²) in [5.74, 6) is 1.68. The number of hydrogen-bond acceptors (Lipinski definition) is 1. The van der Waals surface area contributed by atoms with Crippen molar-refractivity contribution in [1.82, 2.24) is 9.55 Å². The van der Waals surface area contributed by atoms with E-state index in [1.807, 2.05) is 0 Å². The van der Waals surface area contributed by atoms with Gasteiger partial charge in [0, 0.05) is 23.1 Å². The van der Waals surface area contributed by atoms with Crippen LogP contribution in [0.4, 0.5) is 0 Å². The molecule has 270 valence electrons. The Hall–Kier alpha value is -7.03. The van der Waals surface area contributed by atoms with Gasteiger partial charge in [-0.2, -0.15) is 0 Å². The van der Waals surface area contributed by atoms with E-state index in [9.17, 15) is 0 Å². The Balaban J connectivity index is 1.04. The lowest BCUT2D eigenvalue weighted by atomic mass is 9.75. The Bertz CT molecular complexity index is 3060. The lowest BCUT2D eigenvalue weighted by Gasteiger charge is -2.29. The predicted molar refractivity (Wildman–Crippen MR) is 241 cm³/mol. The molecule has 57 heavy (non-hydrogen) atoms. The van der Waals surface area contributed by atoms with E-state index < -0.39 is 0 Å². The summed E-state index contributed by atoms with van der Waals surface area (Å²) in [5.41, 5.74) is 12.2. The van der Waals surface area contributed by atoms with Gasteiger partial charge in [-0.1, -0.05) is 182 Å². The highest BCUT2D eigenvalue weighted by Gasteiger charge is 2.28. The number of hydrogen-bond donors (Lipinski definition) is 0. The molecule has 1 heterocycles. The monoisotopic (exact) mass is 728 g/mol. The third kappa shape index (κ3) is 5.76. The smallest absolute Gasteiger partial charge is 0.145 e. The van der Waals surface area contributed by atoms with Crippen LogP contribution in [0, 0.1) is 5.92 Å². The van der Waals surface area contributed by atoms with Gasteiger partial charge in [0.15, 0.2) is 0 Å². The first kappa shape index (κ1) is 33.3. The number of para-hydroxylation sites is 2. The summed E-state index contributed by atoms with van der Waals surface area (Å²) < 4.78 is 2.36. The fraction of sp³-hybridized carbons (Fsp3) is 0.0727. The van der Waals surface area contributed by atoms with Gasteiger partial charge in [0.2, 0.25) is 0 Å². The number of rotatable bonds is 6. The zero-order valence-corrected chi connectivity index (χ0v) is 31.6. The Morgan fingerprint density at radius 1 is 0.526 bits per heavy atom. The van der Waals surface area contributed by atoms with Gasteiger partial charge in [-0.3, -0.25) is 4.57 Å². The quantitative estimate of drug-likeness (QED) is 0.156. The van der Waals surface area contributed by atoms with Gasteiger partial charge < -0.3 is 0 Å². The molecule has 2 aliphatic rings. The fourth-order valence-electron chi connectivity index (χ4n) is 9.44. The third-order valence-corrected chi connectivity index (χ3v) is 12.1. The van der Waals surface area contributed by atoms with E-state index in [0.717, 1.165) is 35.4 Å². The van der Waals surface area contributed by atoms with E-state index >= 15 is 0 Å². The van der Waals surface area contributed by atoms with Gasteiger partial charge in [0.1, 0.15) is 5.82 Å². The van der Waals surface area contributed by atoms with Crippen LogP contribution in [0.1, 0.15) is 30.1 Å². The van der Waals surface area contributed by atoms with Crippen LogP contribution >= 0.6 is 0 Å². The molecule has 0 saturated heterocycles. The van der Waals surface area contributed by atoms with Crippen molar-refractivity contribution < 1.29 is 0 Å². The van der Waals surface area contributed by atoms with Crippen LogP contribution in [0.2, 0.25) is 0 Å². The minimum atomic E-state index is 0.338. The van der Waals surface area contributed by atoms with Crippen LogP contribution in [-0.4, -0.2) is 9.55 Å². The molecule has 0 bridgehead atoms. The minimum Gasteiger partial charge on any atom is -0.292 e. The van der Waals surface area contributed by atoms with Crippen LogP contribution < -0.4 is 0 Å². The molecule has 0 N–H and O–H groups in total. The summed E-state index contributed by atoms with van der Waals surface area (Å²) in [7, 11) is 0.